The topological polar surface area (TPSA) is 107 Å². The maximum Gasteiger partial charge on any atom is 0.307 e. The second kappa shape index (κ2) is 8.24. The molecule has 9 heteroatoms. The molecule has 1 heterocycles. The highest BCUT2D eigenvalue weighted by Gasteiger charge is 2.19. The normalized spacial score (nSPS) is 13.4. The Morgan fingerprint density at radius 1 is 1.25 bits per heavy atom. The highest BCUT2D eigenvalue weighted by molar-refractivity contribution is 7.89. The van der Waals surface area contributed by atoms with E-state index in [1.807, 2.05) is 12.1 Å². The number of ketones is 1. The van der Waals surface area contributed by atoms with Gasteiger partial charge in [-0.3, -0.25) is 9.59 Å². The van der Waals surface area contributed by atoms with Crippen LogP contribution in [0.15, 0.2) is 29.4 Å². The molecule has 0 saturated heterocycles. The van der Waals surface area contributed by atoms with Crippen LogP contribution in [0.2, 0.25) is 0 Å². The molecule has 28 heavy (non-hydrogen) atoms. The molecule has 8 nitrogen and oxygen atoms in total. The molecule has 1 N–H and O–H groups in total. The SMILES string of the molecule is Cc1nc(S(=O)(=O)NCCC(=O)OCC(=O)c2ccc3c(c2)CCC3)cn1C. The Bertz CT molecular complexity index is 991. The van der Waals surface area contributed by atoms with E-state index in [2.05, 4.69) is 9.71 Å². The lowest BCUT2D eigenvalue weighted by Crippen LogP contribution is -2.27. The number of hydrogen-bond donors (Lipinski definition) is 1. The van der Waals surface area contributed by atoms with Crippen molar-refractivity contribution in [2.75, 3.05) is 13.2 Å². The maximum atomic E-state index is 12.2. The zero-order chi connectivity index (χ0) is 20.3. The van der Waals surface area contributed by atoms with Crippen molar-refractivity contribution in [2.24, 2.45) is 7.05 Å². The molecule has 0 spiro atoms. The Hall–Kier alpha value is -2.52. The highest BCUT2D eigenvalue weighted by Crippen LogP contribution is 2.23. The molecule has 0 amide bonds. The van der Waals surface area contributed by atoms with Crippen LogP contribution in [0.1, 0.15) is 40.2 Å². The number of benzene rings is 1. The highest BCUT2D eigenvalue weighted by atomic mass is 32.2. The fraction of sp³-hybridized carbons (Fsp3) is 0.421. The van der Waals surface area contributed by atoms with E-state index in [4.69, 9.17) is 4.74 Å². The van der Waals surface area contributed by atoms with E-state index in [9.17, 15) is 18.0 Å². The van der Waals surface area contributed by atoms with Gasteiger partial charge < -0.3 is 9.30 Å². The van der Waals surface area contributed by atoms with Gasteiger partial charge in [-0.25, -0.2) is 18.1 Å². The fourth-order valence-corrected chi connectivity index (χ4v) is 4.13. The zero-order valence-corrected chi connectivity index (χ0v) is 16.7. The lowest BCUT2D eigenvalue weighted by atomic mass is 10.0. The number of hydrogen-bond acceptors (Lipinski definition) is 6. The first-order valence-electron chi connectivity index (χ1n) is 9.06. The summed E-state index contributed by atoms with van der Waals surface area (Å²) < 4.78 is 33.1. The summed E-state index contributed by atoms with van der Waals surface area (Å²) >= 11 is 0. The second-order valence-corrected chi connectivity index (χ2v) is 8.52. The smallest absolute Gasteiger partial charge is 0.307 e. The van der Waals surface area contributed by atoms with Crippen molar-refractivity contribution >= 4 is 21.8 Å². The van der Waals surface area contributed by atoms with Gasteiger partial charge in [-0.1, -0.05) is 12.1 Å². The molecular formula is C19H23N3O5S. The van der Waals surface area contributed by atoms with Gasteiger partial charge in [0.1, 0.15) is 5.82 Å². The number of nitrogens with zero attached hydrogens (tertiary/aromatic N) is 2. The van der Waals surface area contributed by atoms with Crippen LogP contribution in [0.5, 0.6) is 0 Å². The van der Waals surface area contributed by atoms with E-state index >= 15 is 0 Å². The van der Waals surface area contributed by atoms with Crippen LogP contribution in [0.3, 0.4) is 0 Å². The molecule has 0 fully saturated rings. The van der Waals surface area contributed by atoms with Crippen molar-refractivity contribution in [3.05, 3.63) is 46.9 Å². The fourth-order valence-electron chi connectivity index (χ4n) is 3.06. The van der Waals surface area contributed by atoms with Crippen LogP contribution in [-0.4, -0.2) is 42.9 Å². The molecule has 3 rings (SSSR count). The number of fused-ring (bicyclic) bond motifs is 1. The molecule has 0 radical (unpaired) electrons. The van der Waals surface area contributed by atoms with Crippen LogP contribution in [0.4, 0.5) is 0 Å². The molecule has 0 saturated carbocycles. The number of carbonyl (C=O) groups excluding carboxylic acids is 2. The Morgan fingerprint density at radius 2 is 2.00 bits per heavy atom. The summed E-state index contributed by atoms with van der Waals surface area (Å²) in [6, 6.07) is 5.57. The lowest BCUT2D eigenvalue weighted by molar-refractivity contribution is -0.142. The summed E-state index contributed by atoms with van der Waals surface area (Å²) in [6.45, 7) is 1.20. The van der Waals surface area contributed by atoms with Gasteiger partial charge in [0.25, 0.3) is 10.0 Å². The summed E-state index contributed by atoms with van der Waals surface area (Å²) in [4.78, 5) is 28.0. The van der Waals surface area contributed by atoms with Gasteiger partial charge in [0.05, 0.1) is 6.42 Å². The van der Waals surface area contributed by atoms with Gasteiger partial charge in [-0.2, -0.15) is 0 Å². The first kappa shape index (κ1) is 20.2. The number of Topliss-reactive ketones (excluding diaryl/α,β-unsaturated/α-hetero) is 1. The predicted molar refractivity (Wildman–Crippen MR) is 102 cm³/mol. The summed E-state index contributed by atoms with van der Waals surface area (Å²) in [6.07, 6.45) is 4.31. The Morgan fingerprint density at radius 3 is 2.71 bits per heavy atom. The Balaban J connectivity index is 1.45. The number of aromatic nitrogens is 2. The standard InChI is InChI=1S/C19H23N3O5S/c1-13-21-18(11-22(13)2)28(25,26)20-9-8-19(24)27-12-17(23)16-7-6-14-4-3-5-15(14)10-16/h6-7,10-11,20H,3-5,8-9,12H2,1-2H3. The van der Waals surface area contributed by atoms with Crippen LogP contribution in [0.25, 0.3) is 0 Å². The average Bonchev–Trinajstić information content (AvgIpc) is 3.25. The summed E-state index contributed by atoms with van der Waals surface area (Å²) in [5, 5.41) is -0.104. The van der Waals surface area contributed by atoms with Crippen LogP contribution >= 0.6 is 0 Å². The first-order chi connectivity index (χ1) is 13.3. The molecular weight excluding hydrogens is 382 g/mol. The minimum atomic E-state index is -3.79. The molecule has 0 bridgehead atoms. The van der Waals surface area contributed by atoms with E-state index < -0.39 is 16.0 Å². The third-order valence-electron chi connectivity index (χ3n) is 4.77. The quantitative estimate of drug-likeness (QED) is 0.524. The monoisotopic (exact) mass is 405 g/mol. The number of imidazole rings is 1. The summed E-state index contributed by atoms with van der Waals surface area (Å²) in [5.41, 5.74) is 2.97. The number of carbonyl (C=O) groups is 2. The number of nitrogens with one attached hydrogen (secondary N) is 1. The minimum absolute atomic E-state index is 0.104. The van der Waals surface area contributed by atoms with Crippen LogP contribution in [0, 0.1) is 6.92 Å². The van der Waals surface area contributed by atoms with Gasteiger partial charge >= 0.3 is 5.97 Å². The number of sulfonamides is 1. The second-order valence-electron chi connectivity index (χ2n) is 6.81. The average molecular weight is 405 g/mol. The van der Waals surface area contributed by atoms with Crippen molar-refractivity contribution in [3.8, 4) is 0 Å². The molecule has 1 aromatic carbocycles. The van der Waals surface area contributed by atoms with Crippen LogP contribution < -0.4 is 4.72 Å². The Kier molecular flexibility index (Phi) is 5.95. The Labute approximate surface area is 164 Å². The van der Waals surface area contributed by atoms with Gasteiger partial charge in [0.2, 0.25) is 0 Å². The summed E-state index contributed by atoms with van der Waals surface area (Å²) in [7, 11) is -2.10. The molecule has 1 aromatic heterocycles. The molecule has 1 aliphatic rings. The van der Waals surface area contributed by atoms with E-state index in [0.717, 1.165) is 19.3 Å². The number of rotatable bonds is 8. The number of esters is 1. The van der Waals surface area contributed by atoms with E-state index in [1.165, 1.54) is 17.3 Å². The van der Waals surface area contributed by atoms with Gasteiger partial charge in [-0.15, -0.1) is 0 Å². The van der Waals surface area contributed by atoms with Gasteiger partial charge in [0.15, 0.2) is 17.4 Å². The lowest BCUT2D eigenvalue weighted by Gasteiger charge is -2.07. The zero-order valence-electron chi connectivity index (χ0n) is 15.9. The van der Waals surface area contributed by atoms with Crippen molar-refractivity contribution in [3.63, 3.8) is 0 Å². The molecule has 0 unspecified atom stereocenters. The van der Waals surface area contributed by atoms with E-state index in [1.54, 1.807) is 24.6 Å². The molecule has 2 aromatic rings. The number of aryl methyl sites for hydroxylation is 4. The third kappa shape index (κ3) is 4.66. The molecule has 150 valence electrons. The summed E-state index contributed by atoms with van der Waals surface area (Å²) in [5.74, 6) is -0.355. The minimum Gasteiger partial charge on any atom is -0.457 e. The van der Waals surface area contributed by atoms with Crippen molar-refractivity contribution in [1.29, 1.82) is 0 Å². The van der Waals surface area contributed by atoms with Crippen molar-refractivity contribution < 1.29 is 22.7 Å². The molecule has 0 aliphatic heterocycles. The van der Waals surface area contributed by atoms with Gasteiger partial charge in [0, 0.05) is 25.4 Å². The van der Waals surface area contributed by atoms with E-state index in [-0.39, 0.29) is 30.4 Å². The van der Waals surface area contributed by atoms with Crippen molar-refractivity contribution in [2.45, 2.75) is 37.6 Å². The predicted octanol–water partition coefficient (Wildman–Crippen LogP) is 1.31. The van der Waals surface area contributed by atoms with E-state index in [0.29, 0.717) is 11.4 Å². The van der Waals surface area contributed by atoms with Crippen LogP contribution in [-0.2, 0) is 39.4 Å². The number of ether oxygens (including phenoxy) is 1. The van der Waals surface area contributed by atoms with Gasteiger partial charge in [-0.05, 0) is 43.4 Å². The van der Waals surface area contributed by atoms with Crippen molar-refractivity contribution in [1.82, 2.24) is 14.3 Å². The largest absolute Gasteiger partial charge is 0.457 e. The molecule has 1 aliphatic carbocycles. The maximum absolute atomic E-state index is 12.2. The third-order valence-corrected chi connectivity index (χ3v) is 6.10. The first-order valence-corrected chi connectivity index (χ1v) is 10.5. The molecule has 0 atom stereocenters.